The van der Waals surface area contributed by atoms with Crippen molar-refractivity contribution in [2.24, 2.45) is 0 Å². The van der Waals surface area contributed by atoms with E-state index in [0.717, 1.165) is 32.5 Å². The third kappa shape index (κ3) is 3.15. The predicted octanol–water partition coefficient (Wildman–Crippen LogP) is 3.29. The normalized spacial score (nSPS) is 18.7. The van der Waals surface area contributed by atoms with Crippen LogP contribution < -0.4 is 16.0 Å². The summed E-state index contributed by atoms with van der Waals surface area (Å²) in [7, 11) is 0. The summed E-state index contributed by atoms with van der Waals surface area (Å²) in [5.41, 5.74) is 5.03. The topological polar surface area (TPSA) is 49.0 Å². The summed E-state index contributed by atoms with van der Waals surface area (Å²) in [4.78, 5) is 4.33. The van der Waals surface area contributed by atoms with Crippen LogP contribution in [0.3, 0.4) is 0 Å². The molecule has 2 aliphatic heterocycles. The van der Waals surface area contributed by atoms with Crippen molar-refractivity contribution in [3.8, 4) is 0 Å². The van der Waals surface area contributed by atoms with Gasteiger partial charge in [0.1, 0.15) is 0 Å². The molecule has 2 aromatic rings. The molecule has 1 saturated heterocycles. The lowest BCUT2D eigenvalue weighted by Crippen LogP contribution is -2.35. The number of hydrogen-bond acceptors (Lipinski definition) is 4. The maximum absolute atomic E-state index is 4.33. The molecule has 1 aromatic carbocycles. The summed E-state index contributed by atoms with van der Waals surface area (Å²) in [5.74, 6) is 0. The molecule has 4 nitrogen and oxygen atoms in total. The zero-order valence-electron chi connectivity index (χ0n) is 14.1. The Morgan fingerprint density at radius 1 is 1.17 bits per heavy atom. The number of benzene rings is 1. The molecule has 3 N–H and O–H groups in total. The van der Waals surface area contributed by atoms with Gasteiger partial charge in [-0.2, -0.15) is 0 Å². The molecular weight excluding hydrogens is 296 g/mol. The number of dihydropyridines is 1. The molecule has 4 heteroatoms. The van der Waals surface area contributed by atoms with Gasteiger partial charge in [0.25, 0.3) is 0 Å². The van der Waals surface area contributed by atoms with Gasteiger partial charge in [-0.1, -0.05) is 6.08 Å². The second kappa shape index (κ2) is 6.65. The van der Waals surface area contributed by atoms with Crippen LogP contribution >= 0.6 is 0 Å². The van der Waals surface area contributed by atoms with Crippen LogP contribution in [-0.4, -0.2) is 30.7 Å². The third-order valence-electron chi connectivity index (χ3n) is 4.92. The summed E-state index contributed by atoms with van der Waals surface area (Å²) >= 11 is 0. The van der Waals surface area contributed by atoms with Crippen molar-refractivity contribution >= 4 is 22.0 Å². The molecule has 0 bridgehead atoms. The standard InChI is InChI=1S/C20H24N4/c1-14-2-3-16(12-23-14)17-10-15-4-7-22-13-19(15)20(11-17)24-18-5-8-21-9-6-18/h2-4,7,10-11,13,18,21,23-24H,5-6,8-9,12H2,1H3. The molecule has 0 unspecified atom stereocenters. The second-order valence-corrected chi connectivity index (χ2v) is 6.68. The quantitative estimate of drug-likeness (QED) is 0.812. The maximum atomic E-state index is 4.33. The molecule has 3 heterocycles. The molecule has 0 atom stereocenters. The number of nitrogens with zero attached hydrogens (tertiary/aromatic N) is 1. The van der Waals surface area contributed by atoms with Crippen molar-refractivity contribution in [1.29, 1.82) is 0 Å². The van der Waals surface area contributed by atoms with Gasteiger partial charge in [0.15, 0.2) is 0 Å². The Hall–Kier alpha value is -2.33. The van der Waals surface area contributed by atoms with E-state index in [9.17, 15) is 0 Å². The Kier molecular flexibility index (Phi) is 4.22. The number of allylic oxidation sites excluding steroid dienone is 3. The molecule has 0 amide bonds. The zero-order chi connectivity index (χ0) is 16.4. The molecule has 0 aliphatic carbocycles. The monoisotopic (exact) mass is 320 g/mol. The Labute approximate surface area is 143 Å². The van der Waals surface area contributed by atoms with Crippen molar-refractivity contribution in [3.05, 3.63) is 54.0 Å². The minimum Gasteiger partial charge on any atom is -0.384 e. The molecule has 4 rings (SSSR count). The van der Waals surface area contributed by atoms with Crippen molar-refractivity contribution in [2.75, 3.05) is 25.0 Å². The van der Waals surface area contributed by atoms with Gasteiger partial charge in [-0.25, -0.2) is 0 Å². The molecule has 1 fully saturated rings. The molecule has 24 heavy (non-hydrogen) atoms. The molecule has 2 aliphatic rings. The van der Waals surface area contributed by atoms with Crippen LogP contribution in [0.5, 0.6) is 0 Å². The fourth-order valence-electron chi connectivity index (χ4n) is 3.47. The van der Waals surface area contributed by atoms with Gasteiger partial charge in [-0.05, 0) is 73.7 Å². The Morgan fingerprint density at radius 2 is 2.04 bits per heavy atom. The van der Waals surface area contributed by atoms with E-state index in [1.165, 1.54) is 33.3 Å². The predicted molar refractivity (Wildman–Crippen MR) is 101 cm³/mol. The lowest BCUT2D eigenvalue weighted by molar-refractivity contribution is 0.479. The van der Waals surface area contributed by atoms with Gasteiger partial charge in [0, 0.05) is 41.8 Å². The number of piperidine rings is 1. The van der Waals surface area contributed by atoms with Crippen molar-refractivity contribution in [1.82, 2.24) is 15.6 Å². The van der Waals surface area contributed by atoms with Crippen LogP contribution in [0.2, 0.25) is 0 Å². The molecule has 0 saturated carbocycles. The van der Waals surface area contributed by atoms with Crippen LogP contribution in [0.1, 0.15) is 25.3 Å². The number of aromatic nitrogens is 1. The molecule has 0 radical (unpaired) electrons. The number of nitrogens with one attached hydrogen (secondary N) is 3. The highest BCUT2D eigenvalue weighted by Gasteiger charge is 2.15. The largest absolute Gasteiger partial charge is 0.384 e. The summed E-state index contributed by atoms with van der Waals surface area (Å²) in [6.07, 6.45) is 10.5. The highest BCUT2D eigenvalue weighted by molar-refractivity contribution is 5.96. The smallest absolute Gasteiger partial charge is 0.0443 e. The summed E-state index contributed by atoms with van der Waals surface area (Å²) in [5, 5.41) is 13.1. The number of fused-ring (bicyclic) bond motifs is 1. The van der Waals surface area contributed by atoms with Gasteiger partial charge in [0.2, 0.25) is 0 Å². The average molecular weight is 320 g/mol. The van der Waals surface area contributed by atoms with E-state index in [1.807, 2.05) is 12.4 Å². The minimum atomic E-state index is 0.533. The van der Waals surface area contributed by atoms with Crippen LogP contribution in [0.25, 0.3) is 16.3 Å². The summed E-state index contributed by atoms with van der Waals surface area (Å²) < 4.78 is 0. The SMILES string of the molecule is CC1=CC=C(c2cc(NC3CCNCC3)c3cnccc3c2)CN1. The lowest BCUT2D eigenvalue weighted by Gasteiger charge is -2.26. The van der Waals surface area contributed by atoms with E-state index in [1.54, 1.807) is 0 Å². The highest BCUT2D eigenvalue weighted by atomic mass is 15.0. The molecule has 124 valence electrons. The number of hydrogen-bond donors (Lipinski definition) is 3. The Morgan fingerprint density at radius 3 is 2.83 bits per heavy atom. The van der Waals surface area contributed by atoms with Gasteiger partial charge >= 0.3 is 0 Å². The number of anilines is 1. The zero-order valence-corrected chi connectivity index (χ0v) is 14.1. The first kappa shape index (κ1) is 15.2. The first-order valence-corrected chi connectivity index (χ1v) is 8.76. The first-order chi connectivity index (χ1) is 11.8. The number of pyridine rings is 1. The lowest BCUT2D eigenvalue weighted by atomic mass is 9.98. The van der Waals surface area contributed by atoms with Crippen molar-refractivity contribution in [2.45, 2.75) is 25.8 Å². The minimum absolute atomic E-state index is 0.533. The van der Waals surface area contributed by atoms with E-state index in [-0.39, 0.29) is 0 Å². The van der Waals surface area contributed by atoms with Gasteiger partial charge < -0.3 is 16.0 Å². The Balaban J connectivity index is 1.73. The third-order valence-corrected chi connectivity index (χ3v) is 4.92. The van der Waals surface area contributed by atoms with Crippen LogP contribution in [0, 0.1) is 0 Å². The molecule has 0 spiro atoms. The summed E-state index contributed by atoms with van der Waals surface area (Å²) in [6, 6.07) is 7.19. The van der Waals surface area contributed by atoms with Gasteiger partial charge in [-0.3, -0.25) is 4.98 Å². The van der Waals surface area contributed by atoms with E-state index >= 15 is 0 Å². The molecular formula is C20H24N4. The van der Waals surface area contributed by atoms with Crippen LogP contribution in [-0.2, 0) is 0 Å². The fraction of sp³-hybridized carbons (Fsp3) is 0.350. The van der Waals surface area contributed by atoms with E-state index in [0.29, 0.717) is 6.04 Å². The fourth-order valence-corrected chi connectivity index (χ4v) is 3.47. The number of rotatable bonds is 3. The highest BCUT2D eigenvalue weighted by Crippen LogP contribution is 2.30. The first-order valence-electron chi connectivity index (χ1n) is 8.76. The average Bonchev–Trinajstić information content (AvgIpc) is 2.63. The van der Waals surface area contributed by atoms with Gasteiger partial charge in [-0.15, -0.1) is 0 Å². The molecule has 1 aromatic heterocycles. The van der Waals surface area contributed by atoms with E-state index < -0.39 is 0 Å². The summed E-state index contributed by atoms with van der Waals surface area (Å²) in [6.45, 7) is 5.16. The van der Waals surface area contributed by atoms with Gasteiger partial charge in [0.05, 0.1) is 0 Å². The van der Waals surface area contributed by atoms with E-state index in [2.05, 4.69) is 58.2 Å². The van der Waals surface area contributed by atoms with Crippen LogP contribution in [0.4, 0.5) is 5.69 Å². The van der Waals surface area contributed by atoms with Crippen LogP contribution in [0.15, 0.2) is 48.4 Å². The second-order valence-electron chi connectivity index (χ2n) is 6.68. The van der Waals surface area contributed by atoms with Crippen molar-refractivity contribution in [3.63, 3.8) is 0 Å². The van der Waals surface area contributed by atoms with E-state index in [4.69, 9.17) is 0 Å². The maximum Gasteiger partial charge on any atom is 0.0443 e. The Bertz CT molecular complexity index is 800. The van der Waals surface area contributed by atoms with Crippen molar-refractivity contribution < 1.29 is 0 Å².